The van der Waals surface area contributed by atoms with Crippen LogP contribution in [-0.2, 0) is 19.1 Å². The summed E-state index contributed by atoms with van der Waals surface area (Å²) in [6.07, 6.45) is 15.0. The summed E-state index contributed by atoms with van der Waals surface area (Å²) in [7, 11) is 1.32. The third-order valence-corrected chi connectivity index (χ3v) is 11.7. The van der Waals surface area contributed by atoms with E-state index in [1.54, 1.807) is 0 Å². The number of hydrogen-bond donors (Lipinski definition) is 4. The Labute approximate surface area is 323 Å². The molecular formula is C44H53N5O6. The number of carbonyl (C=O) groups excluding carboxylic acids is 2. The molecule has 1 saturated heterocycles. The molecule has 1 aliphatic carbocycles. The number of nitrogens with zero attached hydrogens (tertiary/aromatic N) is 3. The average molecular weight is 748 g/mol. The zero-order chi connectivity index (χ0) is 39.6. The van der Waals surface area contributed by atoms with E-state index in [0.29, 0.717) is 41.9 Å². The van der Waals surface area contributed by atoms with Gasteiger partial charge in [0, 0.05) is 59.3 Å². The number of methoxy groups -OCH3 is 1. The smallest absolute Gasteiger partial charge is 0.321 e. The molecule has 0 spiro atoms. The molecular weight excluding hydrogens is 695 g/mol. The topological polar surface area (TPSA) is 162 Å². The van der Waals surface area contributed by atoms with Gasteiger partial charge in [0.2, 0.25) is 5.91 Å². The van der Waals surface area contributed by atoms with E-state index in [9.17, 15) is 19.5 Å². The van der Waals surface area contributed by atoms with Crippen molar-refractivity contribution < 1.29 is 29.3 Å². The number of amides is 1. The number of esters is 1. The number of hydrogen-bond acceptors (Lipinski definition) is 9. The number of carboxylic acid groups (broad SMARTS) is 1. The molecule has 11 nitrogen and oxygen atoms in total. The third kappa shape index (κ3) is 7.66. The quantitative estimate of drug-likeness (QED) is 0.0976. The van der Waals surface area contributed by atoms with Gasteiger partial charge in [0.05, 0.1) is 41.3 Å². The number of aliphatic carboxylic acids is 1. The second kappa shape index (κ2) is 16.6. The van der Waals surface area contributed by atoms with Crippen LogP contribution in [0.5, 0.6) is 0 Å². The Kier molecular flexibility index (Phi) is 11.9. The minimum Gasteiger partial charge on any atom is -0.510 e. The number of aliphatic imine (C=N–C) groups is 3. The summed E-state index contributed by atoms with van der Waals surface area (Å²) in [5.41, 5.74) is 11.9. The van der Waals surface area contributed by atoms with E-state index in [1.165, 1.54) is 7.11 Å². The van der Waals surface area contributed by atoms with Gasteiger partial charge in [-0.05, 0) is 87.0 Å². The fourth-order valence-corrected chi connectivity index (χ4v) is 8.48. The maximum Gasteiger partial charge on any atom is 0.321 e. The van der Waals surface area contributed by atoms with Gasteiger partial charge in [-0.15, -0.1) is 0 Å². The molecule has 0 radical (unpaired) electrons. The van der Waals surface area contributed by atoms with Gasteiger partial charge >= 0.3 is 11.9 Å². The van der Waals surface area contributed by atoms with Crippen molar-refractivity contribution in [3.63, 3.8) is 0 Å². The van der Waals surface area contributed by atoms with Crippen molar-refractivity contribution in [3.05, 3.63) is 104 Å². The summed E-state index contributed by atoms with van der Waals surface area (Å²) < 4.78 is 5.28. The molecule has 0 aromatic rings. The number of fused-ring (bicyclic) bond motifs is 5. The Morgan fingerprint density at radius 1 is 0.927 bits per heavy atom. The van der Waals surface area contributed by atoms with Gasteiger partial charge in [0.1, 0.15) is 11.7 Å². The lowest BCUT2D eigenvalue weighted by Crippen LogP contribution is -2.27. The fraction of sp³-hybridized carbons (Fsp3) is 0.455. The summed E-state index contributed by atoms with van der Waals surface area (Å²) in [4.78, 5) is 52.7. The second-order valence-corrected chi connectivity index (χ2v) is 15.0. The molecule has 1 fully saturated rings. The Morgan fingerprint density at radius 3 is 2.31 bits per heavy atom. The Balaban J connectivity index is 1.36. The molecule has 0 saturated carbocycles. The largest absolute Gasteiger partial charge is 0.510 e. The van der Waals surface area contributed by atoms with Crippen LogP contribution < -0.4 is 10.6 Å². The van der Waals surface area contributed by atoms with Crippen molar-refractivity contribution in [2.75, 3.05) is 13.7 Å². The minimum atomic E-state index is -1.08. The maximum absolute atomic E-state index is 13.5. The molecule has 290 valence electrons. The van der Waals surface area contributed by atoms with Gasteiger partial charge in [-0.25, -0.2) is 15.0 Å². The molecule has 11 heteroatoms. The van der Waals surface area contributed by atoms with E-state index in [0.717, 1.165) is 101 Å². The second-order valence-electron chi connectivity index (χ2n) is 15.0. The van der Waals surface area contributed by atoms with E-state index in [1.807, 2.05) is 38.2 Å². The van der Waals surface area contributed by atoms with Crippen LogP contribution in [0.3, 0.4) is 0 Å². The van der Waals surface area contributed by atoms with Crippen LogP contribution in [-0.4, -0.2) is 58.8 Å². The molecule has 6 aliphatic rings. The number of rotatable bonds is 15. The van der Waals surface area contributed by atoms with E-state index in [2.05, 4.69) is 38.0 Å². The first kappa shape index (κ1) is 39.4. The van der Waals surface area contributed by atoms with Crippen LogP contribution in [0.25, 0.3) is 0 Å². The third-order valence-electron chi connectivity index (χ3n) is 11.7. The molecule has 4 N–H and O–H groups in total. The number of nitrogens with one attached hydrogen (secondary N) is 2. The highest BCUT2D eigenvalue weighted by atomic mass is 16.5. The summed E-state index contributed by atoms with van der Waals surface area (Å²) in [5.74, 6) is -2.86. The number of aliphatic hydroxyl groups excluding tert-OH is 1. The standard InChI is InChI=1S/C44H53N5O6/c1-8-27-23(3)30-20-32-25(5)29(17-18-36(50)45-19-15-13-11-10-12-14-16-37(51)52)41(48-32)39-40(44(54)55-7)43(53)38-26(6)33(49-42(38)39)22-35-28(9-2)24(4)31(47-35)21-34(27)46-30/h8,20-22,25,29,40,48,53H,1,9-19H2,2-7H3,(H,45,50)(H,51,52)/t25-,29-,40+/m0/s1. The van der Waals surface area contributed by atoms with Crippen LogP contribution in [0.1, 0.15) is 98.8 Å². The van der Waals surface area contributed by atoms with Crippen molar-refractivity contribution in [1.82, 2.24) is 10.6 Å². The highest BCUT2D eigenvalue weighted by molar-refractivity contribution is 6.24. The number of carbonyl (C=O) groups is 3. The Hall–Kier alpha value is -5.32. The first-order valence-corrected chi connectivity index (χ1v) is 19.6. The highest BCUT2D eigenvalue weighted by Crippen LogP contribution is 2.49. The lowest BCUT2D eigenvalue weighted by Gasteiger charge is -2.20. The van der Waals surface area contributed by atoms with E-state index in [-0.39, 0.29) is 36.3 Å². The monoisotopic (exact) mass is 747 g/mol. The van der Waals surface area contributed by atoms with Gasteiger partial charge in [-0.2, -0.15) is 0 Å². The first-order chi connectivity index (χ1) is 26.4. The van der Waals surface area contributed by atoms with Crippen LogP contribution in [0, 0.1) is 17.8 Å². The number of aliphatic hydroxyl groups is 1. The Morgan fingerprint density at radius 2 is 1.62 bits per heavy atom. The van der Waals surface area contributed by atoms with E-state index < -0.39 is 17.9 Å². The molecule has 1 amide bonds. The summed E-state index contributed by atoms with van der Waals surface area (Å²) in [6.45, 7) is 14.9. The van der Waals surface area contributed by atoms with Gasteiger partial charge in [0.25, 0.3) is 0 Å². The first-order valence-electron chi connectivity index (χ1n) is 19.6. The van der Waals surface area contributed by atoms with Crippen molar-refractivity contribution in [2.24, 2.45) is 32.7 Å². The van der Waals surface area contributed by atoms with Gasteiger partial charge < -0.3 is 25.6 Å². The maximum atomic E-state index is 13.5. The fourth-order valence-electron chi connectivity index (χ4n) is 8.48. The number of carboxylic acids is 1. The van der Waals surface area contributed by atoms with E-state index in [4.69, 9.17) is 24.8 Å². The normalized spacial score (nSPS) is 22.8. The predicted molar refractivity (Wildman–Crippen MR) is 215 cm³/mol. The number of unbranched alkanes of at least 4 members (excludes halogenated alkanes) is 5. The van der Waals surface area contributed by atoms with Crippen LogP contribution in [0.4, 0.5) is 0 Å². The molecule has 3 atom stereocenters. The van der Waals surface area contributed by atoms with Crippen molar-refractivity contribution in [1.29, 1.82) is 0 Å². The summed E-state index contributed by atoms with van der Waals surface area (Å²) in [5, 5.41) is 27.4. The minimum absolute atomic E-state index is 0.0493. The molecule has 0 aromatic carbocycles. The zero-order valence-corrected chi connectivity index (χ0v) is 32.9. The van der Waals surface area contributed by atoms with Crippen molar-refractivity contribution in [3.8, 4) is 0 Å². The number of allylic oxidation sites excluding steroid dienone is 11. The molecule has 8 bridgehead atoms. The zero-order valence-electron chi connectivity index (χ0n) is 32.9. The highest BCUT2D eigenvalue weighted by Gasteiger charge is 2.49. The summed E-state index contributed by atoms with van der Waals surface area (Å²) >= 11 is 0. The van der Waals surface area contributed by atoms with Crippen LogP contribution in [0.2, 0.25) is 0 Å². The molecule has 5 heterocycles. The summed E-state index contributed by atoms with van der Waals surface area (Å²) in [6, 6.07) is 0. The van der Waals surface area contributed by atoms with Crippen LogP contribution >= 0.6 is 0 Å². The molecule has 5 aliphatic heterocycles. The van der Waals surface area contributed by atoms with Crippen molar-refractivity contribution in [2.45, 2.75) is 98.8 Å². The van der Waals surface area contributed by atoms with Gasteiger partial charge in [-0.1, -0.05) is 52.2 Å². The SMILES string of the molecule is C=CC1=C(C)C2=NC1=CC1=NC(=CC3=C(C)C4=C(O)[C@H](C(=O)OC)C(=C5NC(=C2)[C@@H](C)[C@@H]5CCC(=O)NCCCCCCCCC(=O)O)C4=N3)C(CC)=C1C. The lowest BCUT2D eigenvalue weighted by molar-refractivity contribution is -0.143. The molecule has 0 aromatic heterocycles. The lowest BCUT2D eigenvalue weighted by atomic mass is 9.84. The van der Waals surface area contributed by atoms with Gasteiger partial charge in [0.15, 0.2) is 0 Å². The molecule has 0 unspecified atom stereocenters. The molecule has 55 heavy (non-hydrogen) atoms. The number of ether oxygens (including phenoxy) is 1. The average Bonchev–Trinajstić information content (AvgIpc) is 3.90. The van der Waals surface area contributed by atoms with E-state index >= 15 is 0 Å². The predicted octanol–water partition coefficient (Wildman–Crippen LogP) is 7.95. The van der Waals surface area contributed by atoms with Crippen LogP contribution in [0.15, 0.2) is 119 Å². The molecule has 6 rings (SSSR count). The Bertz CT molecular complexity index is 2080. The van der Waals surface area contributed by atoms with Crippen molar-refractivity contribution >= 4 is 35.0 Å². The van der Waals surface area contributed by atoms with Gasteiger partial charge in [-0.3, -0.25) is 14.4 Å².